The van der Waals surface area contributed by atoms with Crippen molar-refractivity contribution in [2.45, 2.75) is 12.8 Å². The zero-order valence-electron chi connectivity index (χ0n) is 7.65. The van der Waals surface area contributed by atoms with E-state index >= 15 is 0 Å². The van der Waals surface area contributed by atoms with E-state index in [0.29, 0.717) is 0 Å². The van der Waals surface area contributed by atoms with Crippen molar-refractivity contribution in [2.75, 3.05) is 13.5 Å². The van der Waals surface area contributed by atoms with E-state index in [0.717, 1.165) is 0 Å². The van der Waals surface area contributed by atoms with Gasteiger partial charge in [-0.15, -0.1) is 0 Å². The molecule has 0 rings (SSSR count). The van der Waals surface area contributed by atoms with Gasteiger partial charge in [0.05, 0.1) is 20.0 Å². The molecule has 0 fully saturated rings. The van der Waals surface area contributed by atoms with Gasteiger partial charge in [-0.1, -0.05) is 4.57 Å². The molecule has 1 N–H and O–H groups in total. The summed E-state index contributed by atoms with van der Waals surface area (Å²) < 4.78 is 14.9. The number of carbonyl (C=O) groups excluding carboxylic acids is 2. The van der Waals surface area contributed by atoms with E-state index in [-0.39, 0.29) is 31.7 Å². The molecule has 0 aliphatic carbocycles. The Morgan fingerprint density at radius 3 is 2.31 bits per heavy atom. The maximum absolute atomic E-state index is 10.7. The summed E-state index contributed by atoms with van der Waals surface area (Å²) in [6.45, 7) is 0. The molecule has 0 saturated heterocycles. The summed E-state index contributed by atoms with van der Waals surface area (Å²) in [7, 11) is -1.01. The molecule has 0 aromatic heterocycles. The van der Waals surface area contributed by atoms with Crippen molar-refractivity contribution in [2.24, 2.45) is 0 Å². The van der Waals surface area contributed by atoms with E-state index < -0.39 is 25.6 Å². The number of esters is 1. The van der Waals surface area contributed by atoms with E-state index in [1.807, 2.05) is 0 Å². The molecule has 1 unspecified atom stereocenters. The van der Waals surface area contributed by atoms with Crippen LogP contribution in [0.4, 0.5) is 0 Å². The van der Waals surface area contributed by atoms with Crippen LogP contribution in [0.2, 0.25) is 0 Å². The van der Waals surface area contributed by atoms with Gasteiger partial charge in [-0.05, 0) is 0 Å². The van der Waals surface area contributed by atoms with Crippen LogP contribution in [0.3, 0.4) is 0 Å². The Balaban J connectivity index is 0. The van der Waals surface area contributed by atoms with Gasteiger partial charge in [0.1, 0.15) is 0 Å². The third-order valence-corrected chi connectivity index (χ3v) is 2.21. The minimum absolute atomic E-state index is 0. The zero-order valence-corrected chi connectivity index (χ0v) is 8.54. The summed E-state index contributed by atoms with van der Waals surface area (Å²) >= 11 is 0. The fourth-order valence-electron chi connectivity index (χ4n) is 0.515. The number of aliphatic hydroxyl groups excluding tert-OH is 1. The summed E-state index contributed by atoms with van der Waals surface area (Å²) in [5.74, 6) is -0.523. The predicted molar refractivity (Wildman–Crippen MR) is 46.7 cm³/mol. The minimum atomic E-state index is -2.22. The monoisotopic (exact) mass is 200 g/mol. The second-order valence-electron chi connectivity index (χ2n) is 1.99. The number of ether oxygens (including phenoxy) is 1. The van der Waals surface area contributed by atoms with Crippen LogP contribution in [-0.4, -0.2) is 48.9 Å². The van der Waals surface area contributed by atoms with E-state index in [1.54, 1.807) is 0 Å². The van der Waals surface area contributed by atoms with Crippen LogP contribution < -0.4 is 0 Å². The number of rotatable bonds is 5. The molecule has 7 heteroatoms. The van der Waals surface area contributed by atoms with Crippen LogP contribution in [0.25, 0.3) is 0 Å². The first-order chi connectivity index (χ1) is 5.61. The number of carbonyl (C=O) groups is 2. The molecule has 0 aliphatic rings. The molecule has 0 spiro atoms. The maximum Gasteiger partial charge on any atom is 0.442 e. The van der Waals surface area contributed by atoms with Crippen LogP contribution in [0.15, 0.2) is 0 Å². The van der Waals surface area contributed by atoms with Crippen molar-refractivity contribution in [3.8, 4) is 0 Å². The Bertz CT molecular complexity index is 205. The van der Waals surface area contributed by atoms with Crippen LogP contribution in [0.5, 0.6) is 0 Å². The second kappa shape index (κ2) is 8.40. The van der Waals surface area contributed by atoms with E-state index in [2.05, 4.69) is 4.74 Å². The van der Waals surface area contributed by atoms with Crippen molar-refractivity contribution in [3.63, 3.8) is 0 Å². The molecule has 0 bridgehead atoms. The topological polar surface area (TPSA) is 80.7 Å². The van der Waals surface area contributed by atoms with Gasteiger partial charge >= 0.3 is 19.3 Å². The number of methoxy groups -OCH3 is 1. The number of aliphatic hydroxyl groups is 1. The number of hydrogen-bond acceptors (Lipinski definition) is 5. The van der Waals surface area contributed by atoms with E-state index in [4.69, 9.17) is 5.11 Å². The van der Waals surface area contributed by atoms with E-state index in [9.17, 15) is 14.2 Å². The summed E-state index contributed by atoms with van der Waals surface area (Å²) in [5, 5.41) is 8.31. The van der Waals surface area contributed by atoms with Gasteiger partial charge in [0.15, 0.2) is 0 Å². The third-order valence-electron chi connectivity index (χ3n) is 1.18. The van der Waals surface area contributed by atoms with Crippen molar-refractivity contribution < 1.29 is 24.0 Å². The first-order valence-corrected chi connectivity index (χ1v) is 4.71. The molecule has 1 atom stereocenters. The molecule has 0 heterocycles. The van der Waals surface area contributed by atoms with Crippen molar-refractivity contribution in [1.29, 1.82) is 0 Å². The molecule has 0 aromatic rings. The molecule has 1 radical (unpaired) electrons. The Morgan fingerprint density at radius 2 is 1.92 bits per heavy atom. The normalized spacial score (nSPS) is 9.85. The minimum Gasteiger partial charge on any atom is -0.469 e. The Labute approximate surface area is 88.8 Å². The quantitative estimate of drug-likeness (QED) is 0.379. The van der Waals surface area contributed by atoms with Crippen LogP contribution in [-0.2, 0) is 18.9 Å². The van der Waals surface area contributed by atoms with Crippen LogP contribution in [0.1, 0.15) is 12.8 Å². The summed E-state index contributed by atoms with van der Waals surface area (Å²) in [6, 6.07) is 0. The molecule has 69 valence electrons. The van der Waals surface area contributed by atoms with Crippen LogP contribution >= 0.6 is 7.80 Å². The first kappa shape index (κ1) is 15.3. The van der Waals surface area contributed by atoms with Gasteiger partial charge in [-0.2, -0.15) is 0 Å². The fourth-order valence-corrected chi connectivity index (χ4v) is 1.03. The molecule has 0 aliphatic heterocycles. The van der Waals surface area contributed by atoms with Crippen molar-refractivity contribution in [3.05, 3.63) is 0 Å². The fraction of sp³-hybridized carbons (Fsp3) is 0.667. The van der Waals surface area contributed by atoms with Gasteiger partial charge in [0.25, 0.3) is 6.35 Å². The Kier molecular flexibility index (Phi) is 9.87. The molecule has 0 saturated carbocycles. The largest absolute Gasteiger partial charge is 0.469 e. The van der Waals surface area contributed by atoms with Gasteiger partial charge in [-0.25, -0.2) is 4.79 Å². The molecule has 13 heavy (non-hydrogen) atoms. The zero-order chi connectivity index (χ0) is 9.56. The molecular formula is C6H10LiO5P+. The molecule has 5 nitrogen and oxygen atoms in total. The second-order valence-corrected chi connectivity index (χ2v) is 3.53. The van der Waals surface area contributed by atoms with Gasteiger partial charge in [-0.3, -0.25) is 4.79 Å². The Hall–Kier alpha value is -0.203. The number of hydrogen-bond donors (Lipinski definition) is 1. The molecule has 0 amide bonds. The molecular weight excluding hydrogens is 190 g/mol. The third kappa shape index (κ3) is 6.91. The van der Waals surface area contributed by atoms with Gasteiger partial charge in [0.2, 0.25) is 0 Å². The van der Waals surface area contributed by atoms with Crippen molar-refractivity contribution >= 4 is 38.2 Å². The first-order valence-electron chi connectivity index (χ1n) is 3.27. The molecule has 0 aromatic carbocycles. The van der Waals surface area contributed by atoms with E-state index in [1.165, 1.54) is 7.11 Å². The smallest absolute Gasteiger partial charge is 0.442 e. The van der Waals surface area contributed by atoms with Gasteiger partial charge in [0, 0.05) is 18.9 Å². The summed E-state index contributed by atoms with van der Waals surface area (Å²) in [5.41, 5.74) is -0.599. The standard InChI is InChI=1S/C6H10O5P.Li/c1-11-5(8)2-3-6(9)12(10)4-7;/h7H,2-4H2,1H3;/q+1;. The summed E-state index contributed by atoms with van der Waals surface area (Å²) in [4.78, 5) is 21.2. The average molecular weight is 200 g/mol. The SMILES string of the molecule is COC(=O)CCC(=O)[P+](=O)CO.[Li]. The Morgan fingerprint density at radius 1 is 1.38 bits per heavy atom. The average Bonchev–Trinajstić information content (AvgIpc) is 2.11. The predicted octanol–water partition coefficient (Wildman–Crippen LogP) is -0.137. The van der Waals surface area contributed by atoms with Crippen LogP contribution in [0, 0.1) is 0 Å². The maximum atomic E-state index is 10.7. The van der Waals surface area contributed by atoms with Crippen molar-refractivity contribution in [1.82, 2.24) is 0 Å². The summed E-state index contributed by atoms with van der Waals surface area (Å²) in [6.07, 6.45) is -0.881. The van der Waals surface area contributed by atoms with Gasteiger partial charge < -0.3 is 9.84 Å².